The maximum atomic E-state index is 12.9. The van der Waals surface area contributed by atoms with E-state index < -0.39 is 31.8 Å². The summed E-state index contributed by atoms with van der Waals surface area (Å²) in [4.78, 5) is 14.1. The van der Waals surface area contributed by atoms with Gasteiger partial charge >= 0.3 is 0 Å². The second-order valence-electron chi connectivity index (χ2n) is 7.17. The Hall–Kier alpha value is -2.14. The monoisotopic (exact) mass is 486 g/mol. The number of carbonyl (C=O) groups excluding carboxylic acids is 1. The molecule has 168 valence electrons. The molecule has 1 aliphatic rings. The van der Waals surface area contributed by atoms with Gasteiger partial charge in [0.1, 0.15) is 12.4 Å². The fraction of sp³-hybridized carbons (Fsp3) is 0.350. The number of nitrogens with zero attached hydrogens (tertiary/aromatic N) is 1. The van der Waals surface area contributed by atoms with Gasteiger partial charge in [0.2, 0.25) is 10.0 Å². The Morgan fingerprint density at radius 3 is 2.58 bits per heavy atom. The molecule has 0 saturated carbocycles. The maximum Gasteiger partial charge on any atom is 0.255 e. The molecular weight excluding hydrogens is 464 g/mol. The van der Waals surface area contributed by atoms with Gasteiger partial charge in [0.25, 0.3) is 5.91 Å². The smallest absolute Gasteiger partial charge is 0.255 e. The van der Waals surface area contributed by atoms with Crippen LogP contribution < -0.4 is 9.46 Å². The molecule has 3 rings (SSSR count). The number of nitrogens with one attached hydrogen (secondary N) is 1. The Bertz CT molecular complexity index is 1150. The first-order valence-electron chi connectivity index (χ1n) is 9.54. The maximum absolute atomic E-state index is 12.9. The second kappa shape index (κ2) is 9.56. The largest absolute Gasteiger partial charge is 0.492 e. The minimum absolute atomic E-state index is 0.00289. The highest BCUT2D eigenvalue weighted by molar-refractivity contribution is 7.91. The SMILES string of the molecule is CN(C(=O)c1cc(S(=O)(=O)NCCOc2ccccc2)ccc1Cl)C1CCS(=O)(=O)C1. The van der Waals surface area contributed by atoms with E-state index in [2.05, 4.69) is 4.72 Å². The quantitative estimate of drug-likeness (QED) is 0.571. The summed E-state index contributed by atoms with van der Waals surface area (Å²) in [7, 11) is -5.59. The van der Waals surface area contributed by atoms with Gasteiger partial charge in [-0.2, -0.15) is 0 Å². The van der Waals surface area contributed by atoms with Crippen molar-refractivity contribution in [2.45, 2.75) is 17.4 Å². The minimum atomic E-state index is -3.91. The lowest BCUT2D eigenvalue weighted by Gasteiger charge is -2.24. The summed E-state index contributed by atoms with van der Waals surface area (Å²) in [5, 5.41) is 0.0871. The Balaban J connectivity index is 1.68. The molecule has 1 amide bonds. The molecule has 1 fully saturated rings. The molecule has 1 atom stereocenters. The number of ether oxygens (including phenoxy) is 1. The lowest BCUT2D eigenvalue weighted by molar-refractivity contribution is 0.0747. The predicted octanol–water partition coefficient (Wildman–Crippen LogP) is 1.96. The summed E-state index contributed by atoms with van der Waals surface area (Å²) in [6.45, 7) is 0.157. The van der Waals surface area contributed by atoms with Crippen molar-refractivity contribution in [2.24, 2.45) is 0 Å². The van der Waals surface area contributed by atoms with Crippen molar-refractivity contribution in [2.75, 3.05) is 31.7 Å². The number of para-hydroxylation sites is 1. The highest BCUT2D eigenvalue weighted by Gasteiger charge is 2.33. The van der Waals surface area contributed by atoms with E-state index in [-0.39, 0.29) is 40.1 Å². The van der Waals surface area contributed by atoms with Crippen LogP contribution in [0.4, 0.5) is 0 Å². The molecule has 0 aliphatic carbocycles. The Kier molecular flexibility index (Phi) is 7.25. The third-order valence-corrected chi connectivity index (χ3v) is 8.50. The van der Waals surface area contributed by atoms with Crippen LogP contribution >= 0.6 is 11.6 Å². The summed E-state index contributed by atoms with van der Waals surface area (Å²) in [6, 6.07) is 12.4. The first-order chi connectivity index (χ1) is 14.6. The van der Waals surface area contributed by atoms with Crippen LogP contribution in [0, 0.1) is 0 Å². The standard InChI is InChI=1S/C20H23ClN2O6S2/c1-23(15-9-12-30(25,26)14-15)20(24)18-13-17(7-8-19(18)21)31(27,28)22-10-11-29-16-5-3-2-4-6-16/h2-8,13,15,22H,9-12,14H2,1H3. The van der Waals surface area contributed by atoms with Crippen molar-refractivity contribution in [1.29, 1.82) is 0 Å². The predicted molar refractivity (Wildman–Crippen MR) is 118 cm³/mol. The normalized spacial score (nSPS) is 17.9. The van der Waals surface area contributed by atoms with E-state index in [0.29, 0.717) is 12.2 Å². The zero-order chi connectivity index (χ0) is 22.6. The number of rotatable bonds is 8. The van der Waals surface area contributed by atoms with Gasteiger partial charge in [-0.1, -0.05) is 29.8 Å². The van der Waals surface area contributed by atoms with E-state index in [9.17, 15) is 21.6 Å². The summed E-state index contributed by atoms with van der Waals surface area (Å²) >= 11 is 6.14. The summed E-state index contributed by atoms with van der Waals surface area (Å²) < 4.78 is 56.6. The van der Waals surface area contributed by atoms with Crippen LogP contribution in [0.1, 0.15) is 16.8 Å². The first-order valence-corrected chi connectivity index (χ1v) is 13.2. The molecule has 1 unspecified atom stereocenters. The fourth-order valence-corrected chi connectivity index (χ4v) is 6.23. The molecule has 1 N–H and O–H groups in total. The van der Waals surface area contributed by atoms with E-state index in [1.807, 2.05) is 18.2 Å². The van der Waals surface area contributed by atoms with E-state index in [0.717, 1.165) is 0 Å². The number of amides is 1. The Morgan fingerprint density at radius 1 is 1.23 bits per heavy atom. The van der Waals surface area contributed by atoms with Gasteiger partial charge in [-0.15, -0.1) is 0 Å². The van der Waals surface area contributed by atoms with Gasteiger partial charge in [0.15, 0.2) is 9.84 Å². The summed E-state index contributed by atoms with van der Waals surface area (Å²) in [6.07, 6.45) is 0.336. The highest BCUT2D eigenvalue weighted by atomic mass is 35.5. The van der Waals surface area contributed by atoms with Gasteiger partial charge in [0, 0.05) is 19.6 Å². The molecule has 11 heteroatoms. The van der Waals surface area contributed by atoms with E-state index in [1.54, 1.807) is 12.1 Å². The van der Waals surface area contributed by atoms with E-state index >= 15 is 0 Å². The first kappa shape index (κ1) is 23.5. The molecule has 1 heterocycles. The lowest BCUT2D eigenvalue weighted by Crippen LogP contribution is -2.38. The molecular formula is C20H23ClN2O6S2. The van der Waals surface area contributed by atoms with Crippen LogP contribution in [-0.2, 0) is 19.9 Å². The average Bonchev–Trinajstić information content (AvgIpc) is 3.11. The van der Waals surface area contributed by atoms with Gasteiger partial charge < -0.3 is 9.64 Å². The number of hydrogen-bond acceptors (Lipinski definition) is 6. The van der Waals surface area contributed by atoms with Crippen molar-refractivity contribution >= 4 is 37.4 Å². The lowest BCUT2D eigenvalue weighted by atomic mass is 10.1. The summed E-state index contributed by atoms with van der Waals surface area (Å²) in [5.41, 5.74) is -0.00289. The van der Waals surface area contributed by atoms with Gasteiger partial charge in [-0.05, 0) is 36.8 Å². The molecule has 31 heavy (non-hydrogen) atoms. The molecule has 0 bridgehead atoms. The topological polar surface area (TPSA) is 110 Å². The van der Waals surface area contributed by atoms with Crippen LogP contribution in [-0.4, -0.2) is 65.4 Å². The number of benzene rings is 2. The fourth-order valence-electron chi connectivity index (χ4n) is 3.22. The number of halogens is 1. The molecule has 8 nitrogen and oxygen atoms in total. The zero-order valence-corrected chi connectivity index (χ0v) is 19.2. The zero-order valence-electron chi connectivity index (χ0n) is 16.8. The number of sulfone groups is 1. The van der Waals surface area contributed by atoms with Crippen molar-refractivity contribution in [1.82, 2.24) is 9.62 Å². The molecule has 1 aliphatic heterocycles. The van der Waals surface area contributed by atoms with Crippen molar-refractivity contribution < 1.29 is 26.4 Å². The number of carbonyl (C=O) groups is 1. The third kappa shape index (κ3) is 5.97. The van der Waals surface area contributed by atoms with Gasteiger partial charge in [-0.3, -0.25) is 4.79 Å². The molecule has 0 radical (unpaired) electrons. The minimum Gasteiger partial charge on any atom is -0.492 e. The highest BCUT2D eigenvalue weighted by Crippen LogP contribution is 2.24. The van der Waals surface area contributed by atoms with Crippen LogP contribution in [0.2, 0.25) is 5.02 Å². The number of sulfonamides is 1. The molecule has 0 spiro atoms. The average molecular weight is 487 g/mol. The van der Waals surface area contributed by atoms with Gasteiger partial charge in [-0.25, -0.2) is 21.6 Å². The number of hydrogen-bond donors (Lipinski definition) is 1. The molecule has 0 aromatic heterocycles. The van der Waals surface area contributed by atoms with Crippen LogP contribution in [0.5, 0.6) is 5.75 Å². The van der Waals surface area contributed by atoms with E-state index in [1.165, 1.54) is 30.1 Å². The van der Waals surface area contributed by atoms with Crippen molar-refractivity contribution in [3.63, 3.8) is 0 Å². The Labute approximate surface area is 187 Å². The van der Waals surface area contributed by atoms with Crippen LogP contribution in [0.15, 0.2) is 53.4 Å². The molecule has 2 aromatic carbocycles. The van der Waals surface area contributed by atoms with Crippen molar-refractivity contribution in [3.05, 3.63) is 59.1 Å². The second-order valence-corrected chi connectivity index (χ2v) is 11.6. The molecule has 1 saturated heterocycles. The van der Waals surface area contributed by atoms with Crippen LogP contribution in [0.3, 0.4) is 0 Å². The Morgan fingerprint density at radius 2 is 1.94 bits per heavy atom. The van der Waals surface area contributed by atoms with Gasteiger partial charge in [0.05, 0.1) is 27.0 Å². The molecule has 2 aromatic rings. The summed E-state index contributed by atoms with van der Waals surface area (Å²) in [5.74, 6) is -0.00477. The van der Waals surface area contributed by atoms with E-state index in [4.69, 9.17) is 16.3 Å². The third-order valence-electron chi connectivity index (χ3n) is 4.96. The van der Waals surface area contributed by atoms with Crippen molar-refractivity contribution in [3.8, 4) is 5.75 Å². The van der Waals surface area contributed by atoms with Crippen LogP contribution in [0.25, 0.3) is 0 Å².